The minimum Gasteiger partial charge on any atom is -0.377 e. The second-order valence-electron chi connectivity index (χ2n) is 4.60. The van der Waals surface area contributed by atoms with E-state index in [-0.39, 0.29) is 0 Å². The molecule has 0 amide bonds. The Bertz CT molecular complexity index is 273. The number of hydrogen-bond donors (Lipinski definition) is 1. The summed E-state index contributed by atoms with van der Waals surface area (Å²) in [6.07, 6.45) is 11.1. The molecule has 0 aromatic heterocycles. The minimum absolute atomic E-state index is 0.706. The van der Waals surface area contributed by atoms with Gasteiger partial charge in [0.1, 0.15) is 7.85 Å². The third-order valence-corrected chi connectivity index (χ3v) is 3.47. The molecule has 0 spiro atoms. The first-order valence-electron chi connectivity index (χ1n) is 6.13. The summed E-state index contributed by atoms with van der Waals surface area (Å²) in [6.45, 7) is 7.49. The van der Waals surface area contributed by atoms with Crippen molar-refractivity contribution in [2.45, 2.75) is 31.6 Å². The second-order valence-corrected chi connectivity index (χ2v) is 4.60. The van der Waals surface area contributed by atoms with Gasteiger partial charge in [-0.3, -0.25) is 0 Å². The van der Waals surface area contributed by atoms with Gasteiger partial charge in [0.25, 0.3) is 0 Å². The SMILES string of the molecule is BCC1CCC(N(C)/C=C\C(=C)NC=C)C1. The zero-order valence-electron chi connectivity index (χ0n) is 10.6. The third kappa shape index (κ3) is 3.80. The number of allylic oxidation sites excluding steroid dienone is 1. The van der Waals surface area contributed by atoms with Crippen molar-refractivity contribution in [2.24, 2.45) is 5.92 Å². The molecule has 16 heavy (non-hydrogen) atoms. The van der Waals surface area contributed by atoms with Crippen molar-refractivity contribution in [3.8, 4) is 0 Å². The molecule has 88 valence electrons. The zero-order valence-corrected chi connectivity index (χ0v) is 10.6. The van der Waals surface area contributed by atoms with E-state index in [1.807, 2.05) is 6.08 Å². The molecule has 1 N–H and O–H groups in total. The predicted octanol–water partition coefficient (Wildman–Crippen LogP) is 1.90. The minimum atomic E-state index is 0.706. The van der Waals surface area contributed by atoms with Crippen LogP contribution in [0.2, 0.25) is 6.32 Å². The van der Waals surface area contributed by atoms with Gasteiger partial charge in [-0.05, 0) is 37.5 Å². The lowest BCUT2D eigenvalue weighted by Crippen LogP contribution is -2.24. The average Bonchev–Trinajstić information content (AvgIpc) is 2.75. The molecule has 2 unspecified atom stereocenters. The van der Waals surface area contributed by atoms with Gasteiger partial charge in [0.15, 0.2) is 0 Å². The summed E-state index contributed by atoms with van der Waals surface area (Å²) in [6, 6.07) is 0.706. The number of hydrogen-bond acceptors (Lipinski definition) is 2. The van der Waals surface area contributed by atoms with Crippen LogP contribution in [0.25, 0.3) is 0 Å². The smallest absolute Gasteiger partial charge is 0.101 e. The van der Waals surface area contributed by atoms with Crippen LogP contribution in [0.1, 0.15) is 19.3 Å². The van der Waals surface area contributed by atoms with E-state index in [1.165, 1.54) is 25.6 Å². The first-order valence-corrected chi connectivity index (χ1v) is 6.13. The van der Waals surface area contributed by atoms with Crippen LogP contribution in [0.15, 0.2) is 37.3 Å². The highest BCUT2D eigenvalue weighted by Crippen LogP contribution is 2.30. The lowest BCUT2D eigenvalue weighted by atomic mass is 9.90. The maximum atomic E-state index is 3.88. The van der Waals surface area contributed by atoms with Crippen LogP contribution < -0.4 is 5.32 Å². The van der Waals surface area contributed by atoms with Crippen LogP contribution in [0, 0.1) is 5.92 Å². The Labute approximate surface area is 101 Å². The van der Waals surface area contributed by atoms with Crippen LogP contribution in [0.4, 0.5) is 0 Å². The topological polar surface area (TPSA) is 15.3 Å². The molecule has 0 radical (unpaired) electrons. The Morgan fingerprint density at radius 2 is 2.31 bits per heavy atom. The molecular weight excluding hydrogens is 195 g/mol. The van der Waals surface area contributed by atoms with Crippen LogP contribution in [-0.4, -0.2) is 25.8 Å². The fourth-order valence-corrected chi connectivity index (χ4v) is 2.30. The molecule has 1 aliphatic rings. The Balaban J connectivity index is 2.37. The van der Waals surface area contributed by atoms with Crippen molar-refractivity contribution in [3.05, 3.63) is 37.3 Å². The third-order valence-electron chi connectivity index (χ3n) is 3.47. The van der Waals surface area contributed by atoms with Crippen molar-refractivity contribution in [1.29, 1.82) is 0 Å². The maximum Gasteiger partial charge on any atom is 0.101 e. The molecule has 0 heterocycles. The van der Waals surface area contributed by atoms with Gasteiger partial charge in [0, 0.05) is 25.0 Å². The van der Waals surface area contributed by atoms with E-state index in [0.29, 0.717) is 6.04 Å². The first kappa shape index (κ1) is 13.0. The zero-order chi connectivity index (χ0) is 12.0. The number of nitrogens with zero attached hydrogens (tertiary/aromatic N) is 1. The molecule has 0 aromatic carbocycles. The Hall–Kier alpha value is -1.12. The lowest BCUT2D eigenvalue weighted by molar-refractivity contribution is 0.327. The van der Waals surface area contributed by atoms with Gasteiger partial charge in [-0.2, -0.15) is 0 Å². The Kier molecular flexibility index (Phi) is 5.23. The van der Waals surface area contributed by atoms with Gasteiger partial charge in [0.05, 0.1) is 0 Å². The van der Waals surface area contributed by atoms with Gasteiger partial charge < -0.3 is 10.2 Å². The Morgan fingerprint density at radius 3 is 2.88 bits per heavy atom. The van der Waals surface area contributed by atoms with E-state index >= 15 is 0 Å². The van der Waals surface area contributed by atoms with Gasteiger partial charge in [0.2, 0.25) is 0 Å². The lowest BCUT2D eigenvalue weighted by Gasteiger charge is -2.22. The van der Waals surface area contributed by atoms with E-state index in [2.05, 4.69) is 44.5 Å². The highest BCUT2D eigenvalue weighted by Gasteiger charge is 2.24. The van der Waals surface area contributed by atoms with Crippen LogP contribution >= 0.6 is 0 Å². The van der Waals surface area contributed by atoms with E-state index in [9.17, 15) is 0 Å². The summed E-state index contributed by atoms with van der Waals surface area (Å²) < 4.78 is 0. The fourth-order valence-electron chi connectivity index (χ4n) is 2.30. The molecule has 0 aromatic rings. The normalized spacial score (nSPS) is 24.6. The maximum absolute atomic E-state index is 3.88. The fraction of sp³-hybridized carbons (Fsp3) is 0.538. The number of nitrogens with one attached hydrogen (secondary N) is 1. The van der Waals surface area contributed by atoms with Crippen LogP contribution in [-0.2, 0) is 0 Å². The molecule has 1 aliphatic carbocycles. The summed E-state index contributed by atoms with van der Waals surface area (Å²) in [5, 5.41) is 2.97. The van der Waals surface area contributed by atoms with E-state index in [1.54, 1.807) is 6.20 Å². The molecule has 2 nitrogen and oxygen atoms in total. The van der Waals surface area contributed by atoms with E-state index in [0.717, 1.165) is 11.6 Å². The van der Waals surface area contributed by atoms with Gasteiger partial charge in [-0.1, -0.05) is 19.5 Å². The molecule has 0 saturated heterocycles. The number of rotatable bonds is 6. The molecule has 1 saturated carbocycles. The van der Waals surface area contributed by atoms with Crippen molar-refractivity contribution < 1.29 is 0 Å². The summed E-state index contributed by atoms with van der Waals surface area (Å²) in [5.41, 5.74) is 0.881. The van der Waals surface area contributed by atoms with E-state index in [4.69, 9.17) is 0 Å². The summed E-state index contributed by atoms with van der Waals surface area (Å²) in [7, 11) is 4.44. The van der Waals surface area contributed by atoms with Crippen molar-refractivity contribution in [2.75, 3.05) is 7.05 Å². The molecule has 0 bridgehead atoms. The summed E-state index contributed by atoms with van der Waals surface area (Å²) >= 11 is 0. The van der Waals surface area contributed by atoms with Crippen molar-refractivity contribution >= 4 is 7.85 Å². The molecule has 3 heteroatoms. The van der Waals surface area contributed by atoms with Gasteiger partial charge >= 0.3 is 0 Å². The molecule has 0 aliphatic heterocycles. The second kappa shape index (κ2) is 6.46. The Morgan fingerprint density at radius 1 is 1.56 bits per heavy atom. The summed E-state index contributed by atoms with van der Waals surface area (Å²) in [4.78, 5) is 2.31. The summed E-state index contributed by atoms with van der Waals surface area (Å²) in [5.74, 6) is 0.926. The van der Waals surface area contributed by atoms with E-state index < -0.39 is 0 Å². The molecular formula is C13H23BN2. The standard InChI is InChI=1S/C13H23BN2/c1-4-15-11(2)7-8-16(3)13-6-5-12(9-13)10-14/h4,7-8,12-13,15H,1-2,5-6,9-10,14H2,3H3/b8-7-. The highest BCUT2D eigenvalue weighted by molar-refractivity contribution is 6.08. The molecule has 1 fully saturated rings. The monoisotopic (exact) mass is 218 g/mol. The predicted molar refractivity (Wildman–Crippen MR) is 73.9 cm³/mol. The molecule has 2 atom stereocenters. The highest BCUT2D eigenvalue weighted by atomic mass is 15.1. The quantitative estimate of drug-likeness (QED) is 0.541. The van der Waals surface area contributed by atoms with Crippen LogP contribution in [0.3, 0.4) is 0 Å². The van der Waals surface area contributed by atoms with Gasteiger partial charge in [-0.15, -0.1) is 0 Å². The van der Waals surface area contributed by atoms with Crippen LogP contribution in [0.5, 0.6) is 0 Å². The first-order chi connectivity index (χ1) is 7.67. The average molecular weight is 218 g/mol. The van der Waals surface area contributed by atoms with Crippen molar-refractivity contribution in [1.82, 2.24) is 10.2 Å². The van der Waals surface area contributed by atoms with Gasteiger partial charge in [-0.25, -0.2) is 0 Å². The largest absolute Gasteiger partial charge is 0.377 e. The van der Waals surface area contributed by atoms with Crippen molar-refractivity contribution in [3.63, 3.8) is 0 Å². The molecule has 1 rings (SSSR count).